The van der Waals surface area contributed by atoms with E-state index in [2.05, 4.69) is 29.6 Å². The van der Waals surface area contributed by atoms with Gasteiger partial charge in [-0.25, -0.2) is 0 Å². The van der Waals surface area contributed by atoms with E-state index in [4.69, 9.17) is 14.2 Å². The molecule has 1 saturated heterocycles. The number of thioether (sulfide) groups is 1. The molecule has 0 aliphatic carbocycles. The molecule has 0 aromatic heterocycles. The maximum absolute atomic E-state index is 12.9. The molecule has 0 atom stereocenters. The molecular formula is C31H24N2O6S. The number of carbonyl (C=O) groups is 3. The Balaban J connectivity index is 1.05. The SMILES string of the molecule is O=C(CN1C(=O)S/C(=C\c2ccc(OCc3ccc4ccccc4c3)cc2)C1=O)Nc1ccc2c(c1)OCCO2. The van der Waals surface area contributed by atoms with Crippen molar-refractivity contribution in [2.75, 3.05) is 25.1 Å². The van der Waals surface area contributed by atoms with Crippen LogP contribution in [0.1, 0.15) is 11.1 Å². The van der Waals surface area contributed by atoms with Gasteiger partial charge in [0.1, 0.15) is 32.1 Å². The van der Waals surface area contributed by atoms with E-state index in [9.17, 15) is 14.4 Å². The minimum atomic E-state index is -0.510. The zero-order valence-electron chi connectivity index (χ0n) is 21.3. The molecule has 3 amide bonds. The first-order chi connectivity index (χ1) is 19.5. The lowest BCUT2D eigenvalue weighted by molar-refractivity contribution is -0.127. The topological polar surface area (TPSA) is 94.2 Å². The van der Waals surface area contributed by atoms with Crippen LogP contribution in [-0.2, 0) is 16.2 Å². The number of amides is 3. The highest BCUT2D eigenvalue weighted by Crippen LogP contribution is 2.34. The van der Waals surface area contributed by atoms with Gasteiger partial charge in [-0.2, -0.15) is 0 Å². The smallest absolute Gasteiger partial charge is 0.294 e. The van der Waals surface area contributed by atoms with Gasteiger partial charge >= 0.3 is 0 Å². The Morgan fingerprint density at radius 3 is 2.50 bits per heavy atom. The second-order valence-electron chi connectivity index (χ2n) is 9.21. The summed E-state index contributed by atoms with van der Waals surface area (Å²) < 4.78 is 16.9. The molecule has 6 rings (SSSR count). The third kappa shape index (κ3) is 5.64. The minimum Gasteiger partial charge on any atom is -0.489 e. The van der Waals surface area contributed by atoms with Gasteiger partial charge in [0, 0.05) is 11.8 Å². The number of nitrogens with one attached hydrogen (secondary N) is 1. The normalized spacial score (nSPS) is 15.5. The number of anilines is 1. The van der Waals surface area contributed by atoms with Gasteiger partial charge in [0.15, 0.2) is 11.5 Å². The number of hydrogen-bond acceptors (Lipinski definition) is 7. The Morgan fingerprint density at radius 2 is 1.68 bits per heavy atom. The van der Waals surface area contributed by atoms with Gasteiger partial charge in [0.05, 0.1) is 4.91 Å². The summed E-state index contributed by atoms with van der Waals surface area (Å²) in [6.45, 7) is 0.930. The van der Waals surface area contributed by atoms with Crippen LogP contribution in [0, 0.1) is 0 Å². The average molecular weight is 553 g/mol. The molecule has 40 heavy (non-hydrogen) atoms. The van der Waals surface area contributed by atoms with E-state index < -0.39 is 23.6 Å². The third-order valence-corrected chi connectivity index (χ3v) is 7.31. The maximum atomic E-state index is 12.9. The highest BCUT2D eigenvalue weighted by molar-refractivity contribution is 8.18. The fraction of sp³-hybridized carbons (Fsp3) is 0.129. The first-order valence-corrected chi connectivity index (χ1v) is 13.5. The van der Waals surface area contributed by atoms with Crippen molar-refractivity contribution in [1.82, 2.24) is 4.90 Å². The van der Waals surface area contributed by atoms with Crippen molar-refractivity contribution >= 4 is 51.4 Å². The maximum Gasteiger partial charge on any atom is 0.294 e. The number of benzene rings is 4. The number of imide groups is 1. The monoisotopic (exact) mass is 552 g/mol. The predicted octanol–water partition coefficient (Wildman–Crippen LogP) is 5.87. The average Bonchev–Trinajstić information content (AvgIpc) is 3.23. The first-order valence-electron chi connectivity index (χ1n) is 12.7. The standard InChI is InChI=1S/C31H24N2O6S/c34-29(32-24-9-12-26-27(17-24)38-14-13-37-26)18-33-30(35)28(40-31(33)36)16-20-6-10-25(11-7-20)39-19-21-5-8-22-3-1-2-4-23(22)15-21/h1-12,15-17H,13-14,18-19H2,(H,32,34)/b28-16-. The summed E-state index contributed by atoms with van der Waals surface area (Å²) in [4.78, 5) is 39.2. The lowest BCUT2D eigenvalue weighted by Crippen LogP contribution is -2.36. The second-order valence-corrected chi connectivity index (χ2v) is 10.2. The van der Waals surface area contributed by atoms with Crippen molar-refractivity contribution in [1.29, 1.82) is 0 Å². The Hall–Kier alpha value is -4.76. The van der Waals surface area contributed by atoms with Crippen molar-refractivity contribution < 1.29 is 28.6 Å². The lowest BCUT2D eigenvalue weighted by atomic mass is 10.1. The number of hydrogen-bond donors (Lipinski definition) is 1. The van der Waals surface area contributed by atoms with Gasteiger partial charge in [-0.1, -0.05) is 48.5 Å². The predicted molar refractivity (Wildman–Crippen MR) is 153 cm³/mol. The largest absolute Gasteiger partial charge is 0.489 e. The first kappa shape index (κ1) is 25.5. The molecule has 1 N–H and O–H groups in total. The Bertz CT molecular complexity index is 1650. The molecule has 0 spiro atoms. The summed E-state index contributed by atoms with van der Waals surface area (Å²) >= 11 is 0.807. The molecule has 4 aromatic rings. The van der Waals surface area contributed by atoms with E-state index >= 15 is 0 Å². The van der Waals surface area contributed by atoms with E-state index in [1.807, 2.05) is 42.5 Å². The fourth-order valence-electron chi connectivity index (χ4n) is 4.41. The minimum absolute atomic E-state index is 0.252. The van der Waals surface area contributed by atoms with E-state index in [0.717, 1.165) is 33.2 Å². The van der Waals surface area contributed by atoms with Gasteiger partial charge in [0.25, 0.3) is 11.1 Å². The fourth-order valence-corrected chi connectivity index (χ4v) is 5.25. The number of nitrogens with zero attached hydrogens (tertiary/aromatic N) is 1. The van der Waals surface area contributed by atoms with E-state index in [1.54, 1.807) is 24.3 Å². The van der Waals surface area contributed by atoms with Crippen LogP contribution in [-0.4, -0.2) is 41.7 Å². The quantitative estimate of drug-likeness (QED) is 0.287. The van der Waals surface area contributed by atoms with Crippen LogP contribution in [0.4, 0.5) is 10.5 Å². The summed E-state index contributed by atoms with van der Waals surface area (Å²) in [7, 11) is 0. The Labute approximate surface area is 234 Å². The van der Waals surface area contributed by atoms with Crippen LogP contribution in [0.2, 0.25) is 0 Å². The van der Waals surface area contributed by atoms with Crippen LogP contribution >= 0.6 is 11.8 Å². The van der Waals surface area contributed by atoms with Gasteiger partial charge < -0.3 is 19.5 Å². The summed E-state index contributed by atoms with van der Waals surface area (Å²) in [5, 5.41) is 4.55. The summed E-state index contributed by atoms with van der Waals surface area (Å²) in [5.74, 6) is 0.819. The Kier molecular flexibility index (Phi) is 7.11. The zero-order chi connectivity index (χ0) is 27.5. The summed E-state index contributed by atoms with van der Waals surface area (Å²) in [6, 6.07) is 26.7. The molecule has 0 unspecified atom stereocenters. The number of ether oxygens (including phenoxy) is 3. The third-order valence-electron chi connectivity index (χ3n) is 6.40. The van der Waals surface area contributed by atoms with Gasteiger partial charge in [-0.3, -0.25) is 19.3 Å². The number of carbonyl (C=O) groups excluding carboxylic acids is 3. The second kappa shape index (κ2) is 11.2. The van der Waals surface area contributed by atoms with Crippen LogP contribution < -0.4 is 19.5 Å². The highest BCUT2D eigenvalue weighted by Gasteiger charge is 2.36. The van der Waals surface area contributed by atoms with Crippen LogP contribution in [0.3, 0.4) is 0 Å². The summed E-state index contributed by atoms with van der Waals surface area (Å²) in [6.07, 6.45) is 1.64. The van der Waals surface area contributed by atoms with Crippen LogP contribution in [0.5, 0.6) is 17.2 Å². The number of fused-ring (bicyclic) bond motifs is 2. The van der Waals surface area contributed by atoms with E-state index in [-0.39, 0.29) is 4.91 Å². The molecule has 200 valence electrons. The highest BCUT2D eigenvalue weighted by atomic mass is 32.2. The van der Waals surface area contributed by atoms with Gasteiger partial charge in [-0.05, 0) is 70.1 Å². The molecule has 4 aromatic carbocycles. The van der Waals surface area contributed by atoms with E-state index in [0.29, 0.717) is 42.8 Å². The molecule has 0 saturated carbocycles. The molecule has 8 nitrogen and oxygen atoms in total. The molecule has 2 aliphatic rings. The van der Waals surface area contributed by atoms with Gasteiger partial charge in [0.2, 0.25) is 5.91 Å². The van der Waals surface area contributed by atoms with Crippen molar-refractivity contribution in [3.63, 3.8) is 0 Å². The number of rotatable bonds is 7. The molecule has 2 heterocycles. The zero-order valence-corrected chi connectivity index (χ0v) is 22.1. The molecule has 1 fully saturated rings. The molecular weight excluding hydrogens is 528 g/mol. The molecule has 0 radical (unpaired) electrons. The van der Waals surface area contributed by atoms with Crippen molar-refractivity contribution in [3.8, 4) is 17.2 Å². The van der Waals surface area contributed by atoms with E-state index in [1.165, 1.54) is 5.39 Å². The van der Waals surface area contributed by atoms with Crippen LogP contribution in [0.15, 0.2) is 89.8 Å². The van der Waals surface area contributed by atoms with Crippen molar-refractivity contribution in [2.24, 2.45) is 0 Å². The van der Waals surface area contributed by atoms with Crippen molar-refractivity contribution in [3.05, 3.63) is 101 Å². The van der Waals surface area contributed by atoms with Crippen molar-refractivity contribution in [2.45, 2.75) is 6.61 Å². The lowest BCUT2D eigenvalue weighted by Gasteiger charge is -2.19. The Morgan fingerprint density at radius 1 is 0.900 bits per heavy atom. The molecule has 0 bridgehead atoms. The molecule has 2 aliphatic heterocycles. The van der Waals surface area contributed by atoms with Crippen LogP contribution in [0.25, 0.3) is 16.8 Å². The summed E-state index contributed by atoms with van der Waals surface area (Å²) in [5.41, 5.74) is 2.29. The van der Waals surface area contributed by atoms with Gasteiger partial charge in [-0.15, -0.1) is 0 Å². The molecule has 9 heteroatoms.